The predicted octanol–water partition coefficient (Wildman–Crippen LogP) is 5.63. The Kier molecular flexibility index (Phi) is 3.88. The number of carbonyl (C=O) groups is 1. The quantitative estimate of drug-likeness (QED) is 0.471. The summed E-state index contributed by atoms with van der Waals surface area (Å²) >= 11 is 0. The van der Waals surface area contributed by atoms with E-state index in [0.717, 1.165) is 28.2 Å². The van der Waals surface area contributed by atoms with Crippen molar-refractivity contribution in [3.63, 3.8) is 0 Å². The molecule has 0 aliphatic rings. The lowest BCUT2D eigenvalue weighted by Crippen LogP contribution is -2.23. The lowest BCUT2D eigenvalue weighted by Gasteiger charge is -2.20. The van der Waals surface area contributed by atoms with Gasteiger partial charge in [-0.2, -0.15) is 0 Å². The van der Waals surface area contributed by atoms with E-state index in [9.17, 15) is 9.90 Å². The number of ether oxygens (including phenoxy) is 1. The molecule has 1 heterocycles. The number of aryl methyl sites for hydroxylation is 1. The Morgan fingerprint density at radius 1 is 1.04 bits per heavy atom. The number of para-hydroxylation sites is 1. The van der Waals surface area contributed by atoms with Crippen molar-refractivity contribution >= 4 is 38.5 Å². The number of hydrogen-bond acceptors (Lipinski definition) is 3. The molecular weight excluding hydrogens is 338 g/mol. The fourth-order valence-corrected chi connectivity index (χ4v) is 3.74. The van der Waals surface area contributed by atoms with Crippen LogP contribution in [0.25, 0.3) is 32.6 Å². The van der Waals surface area contributed by atoms with Crippen LogP contribution in [0.1, 0.15) is 38.1 Å². The maximum atomic E-state index is 12.5. The number of esters is 1. The van der Waals surface area contributed by atoms with Crippen molar-refractivity contribution in [3.05, 3.63) is 54.1 Å². The van der Waals surface area contributed by atoms with Crippen LogP contribution < -0.4 is 0 Å². The summed E-state index contributed by atoms with van der Waals surface area (Å²) in [5.74, 6) is -0.574. The first-order valence-electron chi connectivity index (χ1n) is 9.20. The predicted molar refractivity (Wildman–Crippen MR) is 109 cm³/mol. The fourth-order valence-electron chi connectivity index (χ4n) is 3.74. The standard InChI is InChI=1S/C23H23NO3/c1-5-24-19-9-7-6-8-15(19)16-11-10-14-12-18(22(26)27-23(2,3)4)20(25)13-17(14)21(16)24/h6-13,25H,5H2,1-4H3. The molecule has 4 aromatic rings. The number of fused-ring (bicyclic) bond motifs is 5. The van der Waals surface area contributed by atoms with Gasteiger partial charge in [-0.1, -0.05) is 30.3 Å². The van der Waals surface area contributed by atoms with Gasteiger partial charge in [-0.05, 0) is 51.3 Å². The molecule has 0 aliphatic carbocycles. The molecule has 0 amide bonds. The highest BCUT2D eigenvalue weighted by atomic mass is 16.6. The molecule has 4 rings (SSSR count). The molecule has 0 fully saturated rings. The molecule has 138 valence electrons. The van der Waals surface area contributed by atoms with Gasteiger partial charge in [0.25, 0.3) is 0 Å². The second kappa shape index (κ2) is 6.02. The zero-order valence-electron chi connectivity index (χ0n) is 16.0. The third-order valence-corrected chi connectivity index (χ3v) is 4.80. The van der Waals surface area contributed by atoms with Crippen LogP contribution in [0.2, 0.25) is 0 Å². The fraction of sp³-hybridized carbons (Fsp3) is 0.261. The molecule has 1 aromatic heterocycles. The van der Waals surface area contributed by atoms with E-state index in [1.165, 1.54) is 10.9 Å². The van der Waals surface area contributed by atoms with Crippen molar-refractivity contribution in [1.82, 2.24) is 4.57 Å². The maximum absolute atomic E-state index is 12.5. The van der Waals surface area contributed by atoms with Crippen LogP contribution in [0.5, 0.6) is 5.75 Å². The van der Waals surface area contributed by atoms with E-state index >= 15 is 0 Å². The molecule has 0 radical (unpaired) electrons. The minimum Gasteiger partial charge on any atom is -0.507 e. The summed E-state index contributed by atoms with van der Waals surface area (Å²) in [4.78, 5) is 12.5. The van der Waals surface area contributed by atoms with Gasteiger partial charge >= 0.3 is 5.97 Å². The molecule has 4 nitrogen and oxygen atoms in total. The van der Waals surface area contributed by atoms with Crippen LogP contribution in [0.15, 0.2) is 48.5 Å². The summed E-state index contributed by atoms with van der Waals surface area (Å²) < 4.78 is 7.68. The third-order valence-electron chi connectivity index (χ3n) is 4.80. The summed E-state index contributed by atoms with van der Waals surface area (Å²) in [6.07, 6.45) is 0. The zero-order valence-corrected chi connectivity index (χ0v) is 16.0. The summed E-state index contributed by atoms with van der Waals surface area (Å²) in [5, 5.41) is 14.7. The number of carbonyl (C=O) groups excluding carboxylic acids is 1. The minimum atomic E-state index is -0.614. The topological polar surface area (TPSA) is 51.5 Å². The average Bonchev–Trinajstić information content (AvgIpc) is 2.93. The van der Waals surface area contributed by atoms with Crippen molar-refractivity contribution < 1.29 is 14.6 Å². The van der Waals surface area contributed by atoms with E-state index in [4.69, 9.17) is 4.74 Å². The van der Waals surface area contributed by atoms with Crippen LogP contribution in [0.3, 0.4) is 0 Å². The lowest BCUT2D eigenvalue weighted by molar-refractivity contribution is 0.00670. The molecule has 0 bridgehead atoms. The number of nitrogens with zero attached hydrogens (tertiary/aromatic N) is 1. The first kappa shape index (κ1) is 17.4. The molecule has 4 heteroatoms. The van der Waals surface area contributed by atoms with Crippen molar-refractivity contribution in [2.24, 2.45) is 0 Å². The highest BCUT2D eigenvalue weighted by Gasteiger charge is 2.22. The van der Waals surface area contributed by atoms with Gasteiger partial charge in [-0.25, -0.2) is 4.79 Å². The Labute approximate surface area is 158 Å². The van der Waals surface area contributed by atoms with Crippen molar-refractivity contribution in [1.29, 1.82) is 0 Å². The Morgan fingerprint density at radius 2 is 1.78 bits per heavy atom. The van der Waals surface area contributed by atoms with Crippen LogP contribution >= 0.6 is 0 Å². The van der Waals surface area contributed by atoms with E-state index in [2.05, 4.69) is 29.7 Å². The Hall–Kier alpha value is -3.01. The van der Waals surface area contributed by atoms with Crippen molar-refractivity contribution in [2.45, 2.75) is 39.8 Å². The Morgan fingerprint density at radius 3 is 2.48 bits per heavy atom. The van der Waals surface area contributed by atoms with E-state index in [1.54, 1.807) is 12.1 Å². The van der Waals surface area contributed by atoms with E-state index in [0.29, 0.717) is 0 Å². The van der Waals surface area contributed by atoms with Gasteiger partial charge in [-0.15, -0.1) is 0 Å². The van der Waals surface area contributed by atoms with Gasteiger partial charge in [0.15, 0.2) is 0 Å². The summed E-state index contributed by atoms with van der Waals surface area (Å²) in [7, 11) is 0. The number of rotatable bonds is 2. The molecule has 27 heavy (non-hydrogen) atoms. The van der Waals surface area contributed by atoms with Crippen LogP contribution in [-0.4, -0.2) is 21.2 Å². The van der Waals surface area contributed by atoms with Gasteiger partial charge < -0.3 is 14.4 Å². The van der Waals surface area contributed by atoms with E-state index in [1.807, 2.05) is 39.0 Å². The number of phenolic OH excluding ortho intramolecular Hbond substituents is 1. The van der Waals surface area contributed by atoms with Gasteiger partial charge in [0.1, 0.15) is 16.9 Å². The van der Waals surface area contributed by atoms with Gasteiger partial charge in [0.2, 0.25) is 0 Å². The second-order valence-corrected chi connectivity index (χ2v) is 7.82. The van der Waals surface area contributed by atoms with E-state index < -0.39 is 11.6 Å². The normalized spacial score (nSPS) is 12.1. The maximum Gasteiger partial charge on any atom is 0.342 e. The SMILES string of the molecule is CCn1c2ccccc2c2ccc3cc(C(=O)OC(C)(C)C)c(O)cc3c21. The zero-order chi connectivity index (χ0) is 19.3. The first-order valence-corrected chi connectivity index (χ1v) is 9.20. The largest absolute Gasteiger partial charge is 0.507 e. The van der Waals surface area contributed by atoms with E-state index in [-0.39, 0.29) is 11.3 Å². The van der Waals surface area contributed by atoms with Gasteiger partial charge in [-0.3, -0.25) is 0 Å². The number of hydrogen-bond donors (Lipinski definition) is 1. The minimum absolute atomic E-state index is 0.0582. The van der Waals surface area contributed by atoms with Gasteiger partial charge in [0, 0.05) is 28.2 Å². The highest BCUT2D eigenvalue weighted by Crippen LogP contribution is 2.37. The van der Waals surface area contributed by atoms with Crippen LogP contribution in [0.4, 0.5) is 0 Å². The lowest BCUT2D eigenvalue weighted by atomic mass is 10.0. The molecule has 0 saturated carbocycles. The molecule has 0 atom stereocenters. The first-order chi connectivity index (χ1) is 12.8. The molecule has 3 aromatic carbocycles. The van der Waals surface area contributed by atoms with Crippen molar-refractivity contribution in [2.75, 3.05) is 0 Å². The van der Waals surface area contributed by atoms with Crippen LogP contribution in [0, 0.1) is 0 Å². The molecule has 0 spiro atoms. The average molecular weight is 361 g/mol. The molecule has 0 unspecified atom stereocenters. The summed E-state index contributed by atoms with van der Waals surface area (Å²) in [6, 6.07) is 15.8. The number of aromatic hydroxyl groups is 1. The molecule has 0 aliphatic heterocycles. The molecule has 0 saturated heterocycles. The number of phenols is 1. The highest BCUT2D eigenvalue weighted by molar-refractivity contribution is 6.18. The Bertz CT molecular complexity index is 1200. The molecular formula is C23H23NO3. The van der Waals surface area contributed by atoms with Crippen LogP contribution in [-0.2, 0) is 11.3 Å². The van der Waals surface area contributed by atoms with Crippen molar-refractivity contribution in [3.8, 4) is 5.75 Å². The number of benzene rings is 3. The number of aromatic nitrogens is 1. The molecule has 1 N–H and O–H groups in total. The summed E-state index contributed by atoms with van der Waals surface area (Å²) in [6.45, 7) is 8.36. The second-order valence-electron chi connectivity index (χ2n) is 7.82. The smallest absolute Gasteiger partial charge is 0.342 e. The third kappa shape index (κ3) is 2.81. The Balaban J connectivity index is 2.01. The van der Waals surface area contributed by atoms with Gasteiger partial charge in [0.05, 0.1) is 5.52 Å². The monoisotopic (exact) mass is 361 g/mol. The summed E-state index contributed by atoms with van der Waals surface area (Å²) in [5.41, 5.74) is 1.81.